The summed E-state index contributed by atoms with van der Waals surface area (Å²) in [5, 5.41) is 6.43. The molecule has 0 amide bonds. The van der Waals surface area contributed by atoms with Crippen molar-refractivity contribution in [3.8, 4) is 11.5 Å². The summed E-state index contributed by atoms with van der Waals surface area (Å²) in [6, 6.07) is 5.92. The van der Waals surface area contributed by atoms with Crippen LogP contribution in [0.3, 0.4) is 0 Å². The predicted octanol–water partition coefficient (Wildman–Crippen LogP) is 3.07. The number of aromatic nitrogens is 1. The molecule has 2 aromatic rings. The lowest BCUT2D eigenvalue weighted by atomic mass is 10.1. The van der Waals surface area contributed by atoms with E-state index in [1.165, 1.54) is 12.8 Å². The van der Waals surface area contributed by atoms with E-state index in [0.717, 1.165) is 53.8 Å². The molecule has 1 fully saturated rings. The molecule has 2 heterocycles. The largest absolute Gasteiger partial charge is 0.493 e. The first-order valence-electron chi connectivity index (χ1n) is 9.63. The Morgan fingerprint density at radius 3 is 2.69 bits per heavy atom. The van der Waals surface area contributed by atoms with Crippen LogP contribution in [-0.2, 0) is 12.8 Å². The van der Waals surface area contributed by atoms with Crippen LogP contribution in [0.25, 0.3) is 0 Å². The Balaban J connectivity index is 0.00000300. The van der Waals surface area contributed by atoms with Gasteiger partial charge in [-0.15, -0.1) is 35.3 Å². The van der Waals surface area contributed by atoms with E-state index < -0.39 is 0 Å². The fraction of sp³-hybridized carbons (Fsp3) is 0.500. The van der Waals surface area contributed by atoms with E-state index in [9.17, 15) is 0 Å². The lowest BCUT2D eigenvalue weighted by Gasteiger charge is -2.12. The number of hydrogen-bond donors (Lipinski definition) is 2. The second kappa shape index (κ2) is 12.1. The molecule has 0 radical (unpaired) electrons. The molecule has 1 saturated heterocycles. The van der Waals surface area contributed by atoms with Crippen molar-refractivity contribution in [2.24, 2.45) is 10.7 Å². The van der Waals surface area contributed by atoms with E-state index in [0.29, 0.717) is 19.0 Å². The first-order chi connectivity index (χ1) is 13.7. The number of nitrogens with one attached hydrogen (secondary N) is 1. The molecule has 160 valence electrons. The minimum absolute atomic E-state index is 0. The molecule has 29 heavy (non-hydrogen) atoms. The van der Waals surface area contributed by atoms with E-state index in [1.807, 2.05) is 18.2 Å². The van der Waals surface area contributed by atoms with Crippen LogP contribution in [0.4, 0.5) is 5.13 Å². The standard InChI is InChI=1S/C20H29N5O2S.HI/c1-26-17-6-5-15(13-18(17)27-2)7-9-22-19(21)23-10-8-16-14-28-20(24-16)25-11-3-4-12-25;/h5-6,13-14H,3-4,7-12H2,1-2H3,(H3,21,22,23);1H. The summed E-state index contributed by atoms with van der Waals surface area (Å²) in [6.07, 6.45) is 4.17. The van der Waals surface area contributed by atoms with Crippen molar-refractivity contribution in [1.82, 2.24) is 10.3 Å². The number of thiazole rings is 1. The van der Waals surface area contributed by atoms with Crippen LogP contribution in [-0.4, -0.2) is 51.3 Å². The van der Waals surface area contributed by atoms with Gasteiger partial charge in [0.15, 0.2) is 22.6 Å². The highest BCUT2D eigenvalue weighted by Crippen LogP contribution is 2.27. The topological polar surface area (TPSA) is 85.0 Å². The van der Waals surface area contributed by atoms with Crippen molar-refractivity contribution in [1.29, 1.82) is 0 Å². The maximum atomic E-state index is 5.98. The third-order valence-corrected chi connectivity index (χ3v) is 5.68. The zero-order chi connectivity index (χ0) is 19.8. The third-order valence-electron chi connectivity index (χ3n) is 4.73. The molecule has 7 nitrogen and oxygen atoms in total. The molecule has 0 atom stereocenters. The third kappa shape index (κ3) is 6.91. The molecule has 0 saturated carbocycles. The first-order valence-corrected chi connectivity index (χ1v) is 10.5. The minimum atomic E-state index is 0. The van der Waals surface area contributed by atoms with Gasteiger partial charge in [0.05, 0.1) is 19.9 Å². The number of rotatable bonds is 9. The molecule has 1 aromatic heterocycles. The summed E-state index contributed by atoms with van der Waals surface area (Å²) in [4.78, 5) is 11.5. The fourth-order valence-corrected chi connectivity index (χ4v) is 4.10. The quantitative estimate of drug-likeness (QED) is 0.294. The van der Waals surface area contributed by atoms with Crippen LogP contribution in [0.15, 0.2) is 28.6 Å². The van der Waals surface area contributed by atoms with Crippen LogP contribution in [0.5, 0.6) is 11.5 Å². The number of halogens is 1. The van der Waals surface area contributed by atoms with Crippen molar-refractivity contribution >= 4 is 46.4 Å². The normalized spacial score (nSPS) is 13.9. The minimum Gasteiger partial charge on any atom is -0.493 e. The zero-order valence-corrected chi connectivity index (χ0v) is 20.2. The molecular formula is C20H30IN5O2S. The summed E-state index contributed by atoms with van der Waals surface area (Å²) in [7, 11) is 3.27. The number of benzene rings is 1. The highest BCUT2D eigenvalue weighted by Gasteiger charge is 2.15. The smallest absolute Gasteiger partial charge is 0.188 e. The van der Waals surface area contributed by atoms with Crippen LogP contribution < -0.4 is 25.4 Å². The highest BCUT2D eigenvalue weighted by atomic mass is 127. The number of ether oxygens (including phenoxy) is 2. The second-order valence-electron chi connectivity index (χ2n) is 6.70. The maximum absolute atomic E-state index is 5.98. The summed E-state index contributed by atoms with van der Waals surface area (Å²) in [5.41, 5.74) is 8.22. The summed E-state index contributed by atoms with van der Waals surface area (Å²) in [5.74, 6) is 1.93. The number of methoxy groups -OCH3 is 2. The lowest BCUT2D eigenvalue weighted by molar-refractivity contribution is 0.354. The van der Waals surface area contributed by atoms with Crippen molar-refractivity contribution < 1.29 is 9.47 Å². The van der Waals surface area contributed by atoms with Crippen molar-refractivity contribution in [2.75, 3.05) is 45.3 Å². The van der Waals surface area contributed by atoms with E-state index >= 15 is 0 Å². The SMILES string of the molecule is COc1ccc(CCNC(N)=NCCc2csc(N3CCCC3)n2)cc1OC.I. The maximum Gasteiger partial charge on any atom is 0.188 e. The molecule has 0 unspecified atom stereocenters. The monoisotopic (exact) mass is 531 g/mol. The van der Waals surface area contributed by atoms with Gasteiger partial charge >= 0.3 is 0 Å². The van der Waals surface area contributed by atoms with Gasteiger partial charge in [0, 0.05) is 38.0 Å². The summed E-state index contributed by atoms with van der Waals surface area (Å²) < 4.78 is 10.6. The Hall–Kier alpha value is -1.75. The number of hydrogen-bond acceptors (Lipinski definition) is 6. The number of guanidine groups is 1. The van der Waals surface area contributed by atoms with Gasteiger partial charge in [-0.05, 0) is 37.0 Å². The van der Waals surface area contributed by atoms with Gasteiger partial charge in [0.1, 0.15) is 0 Å². The fourth-order valence-electron chi connectivity index (χ4n) is 3.18. The molecule has 3 N–H and O–H groups in total. The second-order valence-corrected chi connectivity index (χ2v) is 7.54. The number of aliphatic imine (C=N–C) groups is 1. The van der Waals surface area contributed by atoms with Crippen LogP contribution in [0.1, 0.15) is 24.1 Å². The van der Waals surface area contributed by atoms with Crippen LogP contribution in [0, 0.1) is 0 Å². The van der Waals surface area contributed by atoms with E-state index in [1.54, 1.807) is 25.6 Å². The van der Waals surface area contributed by atoms with Gasteiger partial charge in [0.25, 0.3) is 0 Å². The number of nitrogens with two attached hydrogens (primary N) is 1. The van der Waals surface area contributed by atoms with Gasteiger partial charge < -0.3 is 25.4 Å². The van der Waals surface area contributed by atoms with Crippen LogP contribution >= 0.6 is 35.3 Å². The van der Waals surface area contributed by atoms with Gasteiger partial charge in [-0.3, -0.25) is 4.99 Å². The van der Waals surface area contributed by atoms with E-state index in [2.05, 4.69) is 20.6 Å². The zero-order valence-electron chi connectivity index (χ0n) is 17.0. The van der Waals surface area contributed by atoms with Crippen molar-refractivity contribution in [3.63, 3.8) is 0 Å². The van der Waals surface area contributed by atoms with E-state index in [4.69, 9.17) is 20.2 Å². The number of anilines is 1. The first kappa shape index (κ1) is 23.5. The Morgan fingerprint density at radius 1 is 1.21 bits per heavy atom. The van der Waals surface area contributed by atoms with E-state index in [-0.39, 0.29) is 24.0 Å². The Kier molecular flexibility index (Phi) is 9.79. The molecule has 3 rings (SSSR count). The molecule has 1 aliphatic heterocycles. The Bertz CT molecular complexity index is 793. The van der Waals surface area contributed by atoms with Gasteiger partial charge in [-0.2, -0.15) is 0 Å². The summed E-state index contributed by atoms with van der Waals surface area (Å²) >= 11 is 1.72. The van der Waals surface area contributed by atoms with Gasteiger partial charge in [-0.25, -0.2) is 4.98 Å². The number of nitrogens with zero attached hydrogens (tertiary/aromatic N) is 3. The molecular weight excluding hydrogens is 501 g/mol. The summed E-state index contributed by atoms with van der Waals surface area (Å²) in [6.45, 7) is 3.60. The van der Waals surface area contributed by atoms with Gasteiger partial charge in [0.2, 0.25) is 0 Å². The average molecular weight is 531 g/mol. The van der Waals surface area contributed by atoms with Gasteiger partial charge in [-0.1, -0.05) is 6.07 Å². The lowest BCUT2D eigenvalue weighted by Crippen LogP contribution is -2.33. The molecule has 0 bridgehead atoms. The molecule has 1 aliphatic rings. The molecule has 9 heteroatoms. The highest BCUT2D eigenvalue weighted by molar-refractivity contribution is 14.0. The van der Waals surface area contributed by atoms with Crippen molar-refractivity contribution in [2.45, 2.75) is 25.7 Å². The predicted molar refractivity (Wildman–Crippen MR) is 130 cm³/mol. The van der Waals surface area contributed by atoms with Crippen LogP contribution in [0.2, 0.25) is 0 Å². The molecule has 0 aliphatic carbocycles. The van der Waals surface area contributed by atoms with Crippen molar-refractivity contribution in [3.05, 3.63) is 34.8 Å². The molecule has 1 aromatic carbocycles. The average Bonchev–Trinajstić information content (AvgIpc) is 3.39. The Morgan fingerprint density at radius 2 is 1.97 bits per heavy atom. The molecule has 0 spiro atoms. The Labute approximate surface area is 193 Å².